The molecule has 0 radical (unpaired) electrons. The van der Waals surface area contributed by atoms with Crippen LogP contribution in [0.5, 0.6) is 0 Å². The number of piperidine rings is 1. The van der Waals surface area contributed by atoms with Crippen LogP contribution in [0.15, 0.2) is 30.3 Å². The van der Waals surface area contributed by atoms with Crippen LogP contribution in [-0.2, 0) is 6.54 Å². The van der Waals surface area contributed by atoms with E-state index in [1.807, 2.05) is 0 Å². The molecule has 1 saturated heterocycles. The molecule has 2 rings (SSSR count). The fraction of sp³-hybridized carbons (Fsp3) is 0.667. The van der Waals surface area contributed by atoms with E-state index in [0.29, 0.717) is 6.04 Å². The van der Waals surface area contributed by atoms with Crippen molar-refractivity contribution in [2.24, 2.45) is 0 Å². The first-order valence-electron chi connectivity index (χ1n) is 8.27. The Morgan fingerprint density at radius 3 is 2.65 bits per heavy atom. The van der Waals surface area contributed by atoms with Crippen LogP contribution in [0.2, 0.25) is 0 Å². The molecule has 0 spiro atoms. The maximum Gasteiger partial charge on any atom is 0.0236 e. The summed E-state index contributed by atoms with van der Waals surface area (Å²) in [6.45, 7) is 8.13. The topological polar surface area (TPSA) is 15.3 Å². The van der Waals surface area contributed by atoms with Crippen molar-refractivity contribution < 1.29 is 0 Å². The Morgan fingerprint density at radius 2 is 2.00 bits per heavy atom. The highest BCUT2D eigenvalue weighted by atomic mass is 15.1. The molecule has 0 aromatic heterocycles. The molecule has 0 saturated carbocycles. The molecule has 0 aliphatic carbocycles. The fourth-order valence-corrected chi connectivity index (χ4v) is 3.05. The van der Waals surface area contributed by atoms with Gasteiger partial charge >= 0.3 is 0 Å². The van der Waals surface area contributed by atoms with Crippen molar-refractivity contribution in [2.45, 2.75) is 64.6 Å². The first-order chi connectivity index (χ1) is 9.75. The van der Waals surface area contributed by atoms with E-state index in [1.54, 1.807) is 0 Å². The van der Waals surface area contributed by atoms with Gasteiger partial charge < -0.3 is 5.32 Å². The molecule has 2 heteroatoms. The summed E-state index contributed by atoms with van der Waals surface area (Å²) in [6, 6.07) is 12.2. The van der Waals surface area contributed by atoms with Gasteiger partial charge in [-0.1, -0.05) is 36.8 Å². The van der Waals surface area contributed by atoms with Gasteiger partial charge in [-0.15, -0.1) is 0 Å². The maximum atomic E-state index is 3.65. The summed E-state index contributed by atoms with van der Waals surface area (Å²) in [4.78, 5) is 2.60. The van der Waals surface area contributed by atoms with Crippen LogP contribution < -0.4 is 5.32 Å². The quantitative estimate of drug-likeness (QED) is 0.813. The lowest BCUT2D eigenvalue weighted by Gasteiger charge is -2.28. The molecule has 20 heavy (non-hydrogen) atoms. The van der Waals surface area contributed by atoms with Gasteiger partial charge in [0, 0.05) is 18.6 Å². The zero-order valence-corrected chi connectivity index (χ0v) is 13.1. The summed E-state index contributed by atoms with van der Waals surface area (Å²) in [6.07, 6.45) is 6.79. The Bertz CT molecular complexity index is 355. The molecule has 0 bridgehead atoms. The van der Waals surface area contributed by atoms with Gasteiger partial charge in [0.25, 0.3) is 0 Å². The highest BCUT2D eigenvalue weighted by Crippen LogP contribution is 2.14. The second-order valence-electron chi connectivity index (χ2n) is 6.34. The Hall–Kier alpha value is -0.860. The minimum atomic E-state index is 0.620. The van der Waals surface area contributed by atoms with Gasteiger partial charge in [-0.05, 0) is 58.2 Å². The highest BCUT2D eigenvalue weighted by Gasteiger charge is 2.14. The molecule has 1 heterocycles. The molecule has 112 valence electrons. The zero-order valence-electron chi connectivity index (χ0n) is 13.1. The van der Waals surface area contributed by atoms with Gasteiger partial charge in [0.15, 0.2) is 0 Å². The number of hydrogen-bond acceptors (Lipinski definition) is 2. The molecule has 1 aromatic carbocycles. The molecule has 2 nitrogen and oxygen atoms in total. The average molecular weight is 274 g/mol. The SMILES string of the molecule is CC(C)N(CCCC1CCCCN1)Cc1ccccc1. The van der Waals surface area contributed by atoms with E-state index in [2.05, 4.69) is 54.4 Å². The lowest BCUT2D eigenvalue weighted by molar-refractivity contribution is 0.203. The van der Waals surface area contributed by atoms with Gasteiger partial charge in [0.2, 0.25) is 0 Å². The number of rotatable bonds is 7. The monoisotopic (exact) mass is 274 g/mol. The number of nitrogens with zero attached hydrogens (tertiary/aromatic N) is 1. The Balaban J connectivity index is 1.74. The van der Waals surface area contributed by atoms with Crippen LogP contribution in [-0.4, -0.2) is 30.1 Å². The van der Waals surface area contributed by atoms with E-state index in [4.69, 9.17) is 0 Å². The molecule has 1 aliphatic heterocycles. The molecule has 1 fully saturated rings. The standard InChI is InChI=1S/C18H30N2/c1-16(2)20(15-17-9-4-3-5-10-17)14-8-12-18-11-6-7-13-19-18/h3-5,9-10,16,18-19H,6-8,11-15H2,1-2H3. The third-order valence-corrected chi connectivity index (χ3v) is 4.37. The molecular weight excluding hydrogens is 244 g/mol. The summed E-state index contributed by atoms with van der Waals surface area (Å²) in [5.74, 6) is 0. The second kappa shape index (κ2) is 8.43. The van der Waals surface area contributed by atoms with E-state index in [9.17, 15) is 0 Å². The number of hydrogen-bond donors (Lipinski definition) is 1. The number of nitrogens with one attached hydrogen (secondary N) is 1. The normalized spacial score (nSPS) is 19.7. The van der Waals surface area contributed by atoms with Gasteiger partial charge in [-0.25, -0.2) is 0 Å². The molecule has 1 aliphatic rings. The molecule has 1 unspecified atom stereocenters. The van der Waals surface area contributed by atoms with E-state index >= 15 is 0 Å². The molecule has 1 atom stereocenters. The van der Waals surface area contributed by atoms with Crippen LogP contribution in [0.4, 0.5) is 0 Å². The van der Waals surface area contributed by atoms with E-state index in [-0.39, 0.29) is 0 Å². The number of benzene rings is 1. The van der Waals surface area contributed by atoms with Crippen LogP contribution in [0.1, 0.15) is 51.5 Å². The van der Waals surface area contributed by atoms with Gasteiger partial charge in [-0.2, -0.15) is 0 Å². The van der Waals surface area contributed by atoms with E-state index in [1.165, 1.54) is 50.8 Å². The minimum Gasteiger partial charge on any atom is -0.314 e. The molecule has 1 aromatic rings. The second-order valence-corrected chi connectivity index (χ2v) is 6.34. The summed E-state index contributed by atoms with van der Waals surface area (Å²) >= 11 is 0. The van der Waals surface area contributed by atoms with Crippen LogP contribution in [0, 0.1) is 0 Å². The van der Waals surface area contributed by atoms with Crippen molar-refractivity contribution in [3.8, 4) is 0 Å². The average Bonchev–Trinajstić information content (AvgIpc) is 2.48. The predicted molar refractivity (Wildman–Crippen MR) is 86.9 cm³/mol. The van der Waals surface area contributed by atoms with Crippen molar-refractivity contribution in [1.82, 2.24) is 10.2 Å². The molecular formula is C18H30N2. The molecule has 1 N–H and O–H groups in total. The summed E-state index contributed by atoms with van der Waals surface area (Å²) in [5, 5.41) is 3.65. The zero-order chi connectivity index (χ0) is 14.2. The Labute approximate surface area is 124 Å². The Kier molecular flexibility index (Phi) is 6.55. The highest BCUT2D eigenvalue weighted by molar-refractivity contribution is 5.14. The first-order valence-corrected chi connectivity index (χ1v) is 8.27. The van der Waals surface area contributed by atoms with Crippen LogP contribution in [0.25, 0.3) is 0 Å². The fourth-order valence-electron chi connectivity index (χ4n) is 3.05. The van der Waals surface area contributed by atoms with Crippen molar-refractivity contribution in [3.05, 3.63) is 35.9 Å². The van der Waals surface area contributed by atoms with E-state index in [0.717, 1.165) is 12.6 Å². The Morgan fingerprint density at radius 1 is 1.20 bits per heavy atom. The lowest BCUT2D eigenvalue weighted by atomic mass is 10.0. The van der Waals surface area contributed by atoms with Crippen LogP contribution in [0.3, 0.4) is 0 Å². The summed E-state index contributed by atoms with van der Waals surface area (Å²) < 4.78 is 0. The van der Waals surface area contributed by atoms with Crippen molar-refractivity contribution in [1.29, 1.82) is 0 Å². The van der Waals surface area contributed by atoms with Gasteiger partial charge in [0.1, 0.15) is 0 Å². The van der Waals surface area contributed by atoms with Gasteiger partial charge in [0.05, 0.1) is 0 Å². The summed E-state index contributed by atoms with van der Waals surface area (Å²) in [7, 11) is 0. The lowest BCUT2D eigenvalue weighted by Crippen LogP contribution is -2.36. The molecule has 0 amide bonds. The van der Waals surface area contributed by atoms with Crippen molar-refractivity contribution in [2.75, 3.05) is 13.1 Å². The first kappa shape index (κ1) is 15.5. The smallest absolute Gasteiger partial charge is 0.0236 e. The van der Waals surface area contributed by atoms with Crippen molar-refractivity contribution >= 4 is 0 Å². The minimum absolute atomic E-state index is 0.620. The van der Waals surface area contributed by atoms with Crippen LogP contribution >= 0.6 is 0 Å². The van der Waals surface area contributed by atoms with Gasteiger partial charge in [-0.3, -0.25) is 4.90 Å². The predicted octanol–water partition coefficient (Wildman–Crippen LogP) is 3.82. The summed E-state index contributed by atoms with van der Waals surface area (Å²) in [5.41, 5.74) is 1.43. The third-order valence-electron chi connectivity index (χ3n) is 4.37. The maximum absolute atomic E-state index is 3.65. The van der Waals surface area contributed by atoms with Crippen molar-refractivity contribution in [3.63, 3.8) is 0 Å². The largest absolute Gasteiger partial charge is 0.314 e. The third kappa shape index (κ3) is 5.26. The van der Waals surface area contributed by atoms with E-state index < -0.39 is 0 Å².